The molecule has 0 bridgehead atoms. The number of sulfonamides is 1. The summed E-state index contributed by atoms with van der Waals surface area (Å²) in [5, 5.41) is 0. The van der Waals surface area contributed by atoms with Crippen molar-refractivity contribution in [2.45, 2.75) is 31.2 Å². The van der Waals surface area contributed by atoms with E-state index in [1.54, 1.807) is 0 Å². The SMILES string of the molecule is CC(C)CC(CCl)NS(=O)(=O)c1cccc(F)c1. The highest BCUT2D eigenvalue weighted by Crippen LogP contribution is 2.14. The van der Waals surface area contributed by atoms with Gasteiger partial charge in [-0.05, 0) is 30.5 Å². The molecule has 3 nitrogen and oxygen atoms in total. The average Bonchev–Trinajstić information content (AvgIpc) is 2.27. The summed E-state index contributed by atoms with van der Waals surface area (Å²) in [6.45, 7) is 3.96. The van der Waals surface area contributed by atoms with Crippen LogP contribution >= 0.6 is 11.6 Å². The Morgan fingerprint density at radius 3 is 2.56 bits per heavy atom. The lowest BCUT2D eigenvalue weighted by molar-refractivity contribution is 0.485. The molecule has 0 saturated heterocycles. The molecule has 1 atom stereocenters. The Morgan fingerprint density at radius 1 is 1.39 bits per heavy atom. The van der Waals surface area contributed by atoms with Gasteiger partial charge >= 0.3 is 0 Å². The van der Waals surface area contributed by atoms with E-state index in [1.807, 2.05) is 13.8 Å². The fraction of sp³-hybridized carbons (Fsp3) is 0.500. The Labute approximate surface area is 112 Å². The molecule has 0 heterocycles. The van der Waals surface area contributed by atoms with Gasteiger partial charge in [-0.1, -0.05) is 19.9 Å². The van der Waals surface area contributed by atoms with Crippen LogP contribution < -0.4 is 4.72 Å². The summed E-state index contributed by atoms with van der Waals surface area (Å²) in [5.41, 5.74) is 0. The number of benzene rings is 1. The molecule has 0 amide bonds. The van der Waals surface area contributed by atoms with Crippen LogP contribution in [0.25, 0.3) is 0 Å². The lowest BCUT2D eigenvalue weighted by Gasteiger charge is -2.18. The van der Waals surface area contributed by atoms with Gasteiger partial charge in [-0.15, -0.1) is 11.6 Å². The van der Waals surface area contributed by atoms with Crippen LogP contribution in [0.3, 0.4) is 0 Å². The molecule has 0 saturated carbocycles. The van der Waals surface area contributed by atoms with Gasteiger partial charge in [0.25, 0.3) is 0 Å². The Morgan fingerprint density at radius 2 is 2.06 bits per heavy atom. The average molecular weight is 294 g/mol. The zero-order valence-corrected chi connectivity index (χ0v) is 11.9. The van der Waals surface area contributed by atoms with Crippen molar-refractivity contribution in [1.29, 1.82) is 0 Å². The number of rotatable bonds is 6. The summed E-state index contributed by atoms with van der Waals surface area (Å²) >= 11 is 5.74. The summed E-state index contributed by atoms with van der Waals surface area (Å²) < 4.78 is 39.5. The van der Waals surface area contributed by atoms with Gasteiger partial charge in [0.05, 0.1) is 4.90 Å². The molecule has 0 aliphatic carbocycles. The van der Waals surface area contributed by atoms with Crippen LogP contribution in [-0.4, -0.2) is 20.3 Å². The topological polar surface area (TPSA) is 46.2 Å². The van der Waals surface area contributed by atoms with E-state index in [2.05, 4.69) is 4.72 Å². The van der Waals surface area contributed by atoms with Crippen molar-refractivity contribution >= 4 is 21.6 Å². The lowest BCUT2D eigenvalue weighted by atomic mass is 10.1. The molecule has 1 rings (SSSR count). The summed E-state index contributed by atoms with van der Waals surface area (Å²) in [6, 6.07) is 4.56. The minimum absolute atomic E-state index is 0.0821. The van der Waals surface area contributed by atoms with Gasteiger partial charge in [0, 0.05) is 11.9 Å². The molecule has 0 aliphatic rings. The molecule has 0 spiro atoms. The van der Waals surface area contributed by atoms with Gasteiger partial charge in [-0.2, -0.15) is 0 Å². The van der Waals surface area contributed by atoms with Crippen LogP contribution in [0.5, 0.6) is 0 Å². The fourth-order valence-corrected chi connectivity index (χ4v) is 3.21. The monoisotopic (exact) mass is 293 g/mol. The molecule has 0 fully saturated rings. The largest absolute Gasteiger partial charge is 0.240 e. The Balaban J connectivity index is 2.87. The minimum Gasteiger partial charge on any atom is -0.207 e. The molecule has 1 unspecified atom stereocenters. The van der Waals surface area contributed by atoms with Gasteiger partial charge in [-0.25, -0.2) is 17.5 Å². The molecule has 1 N–H and O–H groups in total. The Hall–Kier alpha value is -0.650. The summed E-state index contributed by atoms with van der Waals surface area (Å²) in [6.07, 6.45) is 0.637. The van der Waals surface area contributed by atoms with Crippen molar-refractivity contribution in [2.75, 3.05) is 5.88 Å². The highest BCUT2D eigenvalue weighted by molar-refractivity contribution is 7.89. The van der Waals surface area contributed by atoms with Crippen LogP contribution in [0.4, 0.5) is 4.39 Å². The van der Waals surface area contributed by atoms with Gasteiger partial charge in [0.15, 0.2) is 0 Å². The lowest BCUT2D eigenvalue weighted by Crippen LogP contribution is -2.37. The van der Waals surface area contributed by atoms with Crippen molar-refractivity contribution in [2.24, 2.45) is 5.92 Å². The number of nitrogens with one attached hydrogen (secondary N) is 1. The zero-order valence-electron chi connectivity index (χ0n) is 10.4. The highest BCUT2D eigenvalue weighted by Gasteiger charge is 2.20. The van der Waals surface area contributed by atoms with E-state index in [0.29, 0.717) is 12.3 Å². The third-order valence-electron chi connectivity index (χ3n) is 2.37. The van der Waals surface area contributed by atoms with E-state index in [1.165, 1.54) is 18.2 Å². The maximum atomic E-state index is 13.0. The molecule has 18 heavy (non-hydrogen) atoms. The fourth-order valence-electron chi connectivity index (χ4n) is 1.63. The van der Waals surface area contributed by atoms with Gasteiger partial charge < -0.3 is 0 Å². The van der Waals surface area contributed by atoms with Crippen molar-refractivity contribution in [1.82, 2.24) is 4.72 Å². The first-order valence-corrected chi connectivity index (χ1v) is 7.70. The number of hydrogen-bond donors (Lipinski definition) is 1. The highest BCUT2D eigenvalue weighted by atomic mass is 35.5. The van der Waals surface area contributed by atoms with E-state index in [4.69, 9.17) is 11.6 Å². The molecule has 0 aliphatic heterocycles. The van der Waals surface area contributed by atoms with E-state index >= 15 is 0 Å². The maximum Gasteiger partial charge on any atom is 0.240 e. The van der Waals surface area contributed by atoms with Crippen molar-refractivity contribution in [3.8, 4) is 0 Å². The second kappa shape index (κ2) is 6.50. The number of hydrogen-bond acceptors (Lipinski definition) is 2. The maximum absolute atomic E-state index is 13.0. The molecule has 0 aromatic heterocycles. The Kier molecular flexibility index (Phi) is 5.56. The first-order valence-electron chi connectivity index (χ1n) is 5.69. The van der Waals surface area contributed by atoms with E-state index in [-0.39, 0.29) is 16.8 Å². The molecule has 1 aromatic rings. The first kappa shape index (κ1) is 15.4. The quantitative estimate of drug-likeness (QED) is 0.820. The third-order valence-corrected chi connectivity index (χ3v) is 4.26. The van der Waals surface area contributed by atoms with Crippen LogP contribution in [0.1, 0.15) is 20.3 Å². The summed E-state index contributed by atoms with van der Waals surface area (Å²) in [4.78, 5) is -0.0821. The van der Waals surface area contributed by atoms with Gasteiger partial charge in [-0.3, -0.25) is 0 Å². The van der Waals surface area contributed by atoms with Crippen molar-refractivity contribution < 1.29 is 12.8 Å². The van der Waals surface area contributed by atoms with Gasteiger partial charge in [0.2, 0.25) is 10.0 Å². The Bertz CT molecular complexity index is 491. The van der Waals surface area contributed by atoms with Crippen molar-refractivity contribution in [3.63, 3.8) is 0 Å². The molecule has 102 valence electrons. The normalized spacial score (nSPS) is 13.8. The minimum atomic E-state index is -3.71. The smallest absolute Gasteiger partial charge is 0.207 e. The second-order valence-corrected chi connectivity index (χ2v) is 6.58. The van der Waals surface area contributed by atoms with E-state index < -0.39 is 15.8 Å². The van der Waals surface area contributed by atoms with Crippen molar-refractivity contribution in [3.05, 3.63) is 30.1 Å². The van der Waals surface area contributed by atoms with Crippen LogP contribution in [-0.2, 0) is 10.0 Å². The molecule has 1 aromatic carbocycles. The first-order chi connectivity index (χ1) is 8.35. The van der Waals surface area contributed by atoms with Crippen LogP contribution in [0.15, 0.2) is 29.2 Å². The summed E-state index contributed by atoms with van der Waals surface area (Å²) in [5.74, 6) is -0.0691. The number of halogens is 2. The predicted molar refractivity (Wildman–Crippen MR) is 70.7 cm³/mol. The van der Waals surface area contributed by atoms with Crippen LogP contribution in [0.2, 0.25) is 0 Å². The molecule has 6 heteroatoms. The standard InChI is InChI=1S/C12H17ClFNO2S/c1-9(2)6-11(8-13)15-18(16,17)12-5-3-4-10(14)7-12/h3-5,7,9,11,15H,6,8H2,1-2H3. The molecule has 0 radical (unpaired) electrons. The predicted octanol–water partition coefficient (Wildman–Crippen LogP) is 2.76. The van der Waals surface area contributed by atoms with Gasteiger partial charge in [0.1, 0.15) is 5.82 Å². The molecular formula is C12H17ClFNO2S. The van der Waals surface area contributed by atoms with E-state index in [9.17, 15) is 12.8 Å². The third kappa shape index (κ3) is 4.55. The summed E-state index contributed by atoms with van der Waals surface area (Å²) in [7, 11) is -3.71. The zero-order chi connectivity index (χ0) is 13.8. The number of alkyl halides is 1. The van der Waals surface area contributed by atoms with E-state index in [0.717, 1.165) is 6.07 Å². The van der Waals surface area contributed by atoms with Crippen LogP contribution in [0, 0.1) is 11.7 Å². The molecular weight excluding hydrogens is 277 g/mol. The second-order valence-electron chi connectivity index (χ2n) is 4.56.